The maximum atomic E-state index is 13.5. The van der Waals surface area contributed by atoms with Gasteiger partial charge in [0.15, 0.2) is 0 Å². The molecule has 0 unspecified atom stereocenters. The maximum absolute atomic E-state index is 13.5. The number of carbonyl (C=O) groups is 1. The Labute approximate surface area is 165 Å². The Morgan fingerprint density at radius 2 is 2.10 bits per heavy atom. The molecular formula is C21H19F2N5O. The second kappa shape index (κ2) is 6.37. The number of aromatic amines is 1. The van der Waals surface area contributed by atoms with Crippen molar-refractivity contribution in [1.29, 1.82) is 0 Å². The fourth-order valence-corrected chi connectivity index (χ4v) is 3.95. The van der Waals surface area contributed by atoms with E-state index in [1.54, 1.807) is 18.2 Å². The van der Waals surface area contributed by atoms with Gasteiger partial charge in [-0.2, -0.15) is 10.2 Å². The largest absolute Gasteiger partial charge is 0.332 e. The van der Waals surface area contributed by atoms with Crippen molar-refractivity contribution in [2.75, 3.05) is 13.1 Å². The number of alkyl halides is 2. The van der Waals surface area contributed by atoms with Crippen LogP contribution in [0.15, 0.2) is 42.6 Å². The van der Waals surface area contributed by atoms with Gasteiger partial charge in [0.25, 0.3) is 11.8 Å². The van der Waals surface area contributed by atoms with Gasteiger partial charge < -0.3 is 4.90 Å². The molecule has 5 rings (SSSR count). The molecule has 0 spiro atoms. The number of hydrogen-bond acceptors (Lipinski definition) is 3. The number of amides is 1. The van der Waals surface area contributed by atoms with Gasteiger partial charge in [-0.15, -0.1) is 0 Å². The molecule has 0 bridgehead atoms. The van der Waals surface area contributed by atoms with Gasteiger partial charge in [0, 0.05) is 48.5 Å². The molecule has 3 heterocycles. The minimum atomic E-state index is -2.80. The van der Waals surface area contributed by atoms with Gasteiger partial charge >= 0.3 is 0 Å². The van der Waals surface area contributed by atoms with E-state index in [0.29, 0.717) is 12.0 Å². The highest BCUT2D eigenvalue weighted by Gasteiger charge is 2.40. The SMILES string of the molecule is Cn1ncc2cc(Cc3[nH]nc4ccc(C(=O)N5CCC(F)(F)C5)cc34)ccc21. The summed E-state index contributed by atoms with van der Waals surface area (Å²) in [4.78, 5) is 13.9. The van der Waals surface area contributed by atoms with Gasteiger partial charge in [0.2, 0.25) is 0 Å². The van der Waals surface area contributed by atoms with Crippen LogP contribution in [0.5, 0.6) is 0 Å². The van der Waals surface area contributed by atoms with Crippen molar-refractivity contribution < 1.29 is 13.6 Å². The Balaban J connectivity index is 1.45. The topological polar surface area (TPSA) is 66.8 Å². The van der Waals surface area contributed by atoms with Crippen LogP contribution in [-0.4, -0.2) is 49.8 Å². The molecule has 1 aliphatic heterocycles. The van der Waals surface area contributed by atoms with Crippen LogP contribution in [0.3, 0.4) is 0 Å². The van der Waals surface area contributed by atoms with Crippen molar-refractivity contribution in [3.05, 3.63) is 59.4 Å². The van der Waals surface area contributed by atoms with Crippen LogP contribution in [0.2, 0.25) is 0 Å². The summed E-state index contributed by atoms with van der Waals surface area (Å²) >= 11 is 0. The lowest BCUT2D eigenvalue weighted by Crippen LogP contribution is -2.31. The summed E-state index contributed by atoms with van der Waals surface area (Å²) in [6.45, 7) is -0.444. The van der Waals surface area contributed by atoms with Crippen molar-refractivity contribution >= 4 is 27.7 Å². The molecule has 1 fully saturated rings. The molecule has 2 aromatic heterocycles. The number of aryl methyl sites for hydroxylation is 1. The van der Waals surface area contributed by atoms with Gasteiger partial charge in [0.05, 0.1) is 23.8 Å². The van der Waals surface area contributed by atoms with Crippen LogP contribution >= 0.6 is 0 Å². The van der Waals surface area contributed by atoms with Crippen LogP contribution < -0.4 is 0 Å². The van der Waals surface area contributed by atoms with Crippen molar-refractivity contribution in [2.45, 2.75) is 18.8 Å². The van der Waals surface area contributed by atoms with E-state index in [4.69, 9.17) is 0 Å². The summed E-state index contributed by atoms with van der Waals surface area (Å²) in [5, 5.41) is 13.5. The van der Waals surface area contributed by atoms with Crippen LogP contribution in [-0.2, 0) is 13.5 Å². The summed E-state index contributed by atoms with van der Waals surface area (Å²) in [5.41, 5.74) is 4.17. The highest BCUT2D eigenvalue weighted by atomic mass is 19.3. The molecule has 0 atom stereocenters. The number of likely N-dealkylation sites (tertiary alicyclic amines) is 1. The predicted molar refractivity (Wildman–Crippen MR) is 105 cm³/mol. The standard InChI is InChI=1S/C21H19F2N5O/c1-27-19-5-2-13(8-15(19)11-24-27)9-18-16-10-14(3-4-17(16)25-26-18)20(29)28-7-6-21(22,23)12-28/h2-5,8,10-11H,6-7,9,12H2,1H3,(H,25,26). The fraction of sp³-hybridized carbons (Fsp3) is 0.286. The first-order valence-corrected chi connectivity index (χ1v) is 9.44. The minimum absolute atomic E-state index is 0.0766. The lowest BCUT2D eigenvalue weighted by Gasteiger charge is -2.16. The smallest absolute Gasteiger partial charge is 0.267 e. The molecule has 2 aromatic carbocycles. The predicted octanol–water partition coefficient (Wildman–Crippen LogP) is 3.52. The van der Waals surface area contributed by atoms with Crippen molar-refractivity contribution in [1.82, 2.24) is 24.9 Å². The molecule has 6 nitrogen and oxygen atoms in total. The van der Waals surface area contributed by atoms with Crippen molar-refractivity contribution in [3.8, 4) is 0 Å². The second-order valence-corrected chi connectivity index (χ2v) is 7.60. The third kappa shape index (κ3) is 3.14. The van der Waals surface area contributed by atoms with Crippen LogP contribution in [0.1, 0.15) is 28.0 Å². The van der Waals surface area contributed by atoms with Crippen LogP contribution in [0.25, 0.3) is 21.8 Å². The summed E-state index contributed by atoms with van der Waals surface area (Å²) in [6.07, 6.45) is 2.15. The van der Waals surface area contributed by atoms with E-state index in [9.17, 15) is 13.6 Å². The molecule has 1 aliphatic rings. The minimum Gasteiger partial charge on any atom is -0.332 e. The van der Waals surface area contributed by atoms with Crippen molar-refractivity contribution in [3.63, 3.8) is 0 Å². The van der Waals surface area contributed by atoms with E-state index in [2.05, 4.69) is 21.4 Å². The number of aromatic nitrogens is 4. The monoisotopic (exact) mass is 395 g/mol. The molecule has 1 saturated heterocycles. The first-order chi connectivity index (χ1) is 13.9. The summed E-state index contributed by atoms with van der Waals surface area (Å²) in [6, 6.07) is 11.3. The zero-order valence-electron chi connectivity index (χ0n) is 15.8. The number of hydrogen-bond donors (Lipinski definition) is 1. The zero-order chi connectivity index (χ0) is 20.2. The molecule has 1 N–H and O–H groups in total. The first kappa shape index (κ1) is 17.8. The summed E-state index contributed by atoms with van der Waals surface area (Å²) in [7, 11) is 1.90. The van der Waals surface area contributed by atoms with E-state index in [0.717, 1.165) is 33.1 Å². The number of rotatable bonds is 3. The quantitative estimate of drug-likeness (QED) is 0.577. The van der Waals surface area contributed by atoms with Gasteiger partial charge in [-0.3, -0.25) is 14.6 Å². The normalized spacial score (nSPS) is 16.2. The molecule has 0 radical (unpaired) electrons. The van der Waals surface area contributed by atoms with E-state index in [1.807, 2.05) is 30.1 Å². The molecule has 148 valence electrons. The maximum Gasteiger partial charge on any atom is 0.267 e. The zero-order valence-corrected chi connectivity index (χ0v) is 15.8. The average molecular weight is 395 g/mol. The number of fused-ring (bicyclic) bond motifs is 2. The Morgan fingerprint density at radius 3 is 2.90 bits per heavy atom. The summed E-state index contributed by atoms with van der Waals surface area (Å²) < 4.78 is 28.8. The van der Waals surface area contributed by atoms with E-state index in [1.165, 1.54) is 4.90 Å². The Morgan fingerprint density at radius 1 is 1.24 bits per heavy atom. The molecule has 1 amide bonds. The second-order valence-electron chi connectivity index (χ2n) is 7.60. The van der Waals surface area contributed by atoms with Crippen LogP contribution in [0, 0.1) is 0 Å². The number of carbonyl (C=O) groups excluding carboxylic acids is 1. The third-order valence-electron chi connectivity index (χ3n) is 5.53. The molecule has 29 heavy (non-hydrogen) atoms. The highest BCUT2D eigenvalue weighted by molar-refractivity contribution is 5.98. The fourth-order valence-electron chi connectivity index (χ4n) is 3.95. The number of benzene rings is 2. The number of nitrogens with one attached hydrogen (secondary N) is 1. The Hall–Kier alpha value is -3.29. The van der Waals surface area contributed by atoms with Crippen LogP contribution in [0.4, 0.5) is 8.78 Å². The van der Waals surface area contributed by atoms with Crippen molar-refractivity contribution in [2.24, 2.45) is 7.05 Å². The number of halogens is 2. The van der Waals surface area contributed by atoms with Gasteiger partial charge in [-0.25, -0.2) is 8.78 Å². The highest BCUT2D eigenvalue weighted by Crippen LogP contribution is 2.29. The summed E-state index contributed by atoms with van der Waals surface area (Å²) in [5.74, 6) is -3.17. The van der Waals surface area contributed by atoms with E-state index in [-0.39, 0.29) is 18.9 Å². The van der Waals surface area contributed by atoms with E-state index < -0.39 is 12.5 Å². The third-order valence-corrected chi connectivity index (χ3v) is 5.53. The molecule has 0 saturated carbocycles. The molecular weight excluding hydrogens is 376 g/mol. The van der Waals surface area contributed by atoms with E-state index >= 15 is 0 Å². The van der Waals surface area contributed by atoms with Gasteiger partial charge in [-0.1, -0.05) is 6.07 Å². The molecule has 0 aliphatic carbocycles. The lowest BCUT2D eigenvalue weighted by molar-refractivity contribution is 0.0120. The Kier molecular flexibility index (Phi) is 3.90. The molecule has 4 aromatic rings. The number of nitrogens with zero attached hydrogens (tertiary/aromatic N) is 4. The molecule has 8 heteroatoms. The first-order valence-electron chi connectivity index (χ1n) is 9.44. The van der Waals surface area contributed by atoms with Gasteiger partial charge in [-0.05, 0) is 35.9 Å². The lowest BCUT2D eigenvalue weighted by atomic mass is 10.0. The average Bonchev–Trinajstić information content (AvgIpc) is 3.38. The van der Waals surface area contributed by atoms with Gasteiger partial charge in [0.1, 0.15) is 0 Å². The Bertz CT molecular complexity index is 1240. The number of H-pyrrole nitrogens is 1.